The fourth-order valence-electron chi connectivity index (χ4n) is 2.51. The maximum Gasteiger partial charge on any atom is 0.328 e. The molecule has 3 N–H and O–H groups in total. The summed E-state index contributed by atoms with van der Waals surface area (Å²) in [5, 5.41) is 18.3. The number of aliphatic hydroxyl groups is 1. The van der Waals surface area contributed by atoms with Gasteiger partial charge in [-0.05, 0) is 19.4 Å². The first-order valence-corrected chi connectivity index (χ1v) is 9.54. The second-order valence-corrected chi connectivity index (χ2v) is 7.23. The van der Waals surface area contributed by atoms with Crippen molar-refractivity contribution in [3.63, 3.8) is 0 Å². The lowest BCUT2D eigenvalue weighted by Gasteiger charge is -2.31. The van der Waals surface area contributed by atoms with Crippen LogP contribution in [0, 0.1) is 5.92 Å². The van der Waals surface area contributed by atoms with E-state index in [1.165, 1.54) is 6.92 Å². The van der Waals surface area contributed by atoms with Gasteiger partial charge in [-0.25, -0.2) is 4.79 Å². The molecule has 5 atom stereocenters. The van der Waals surface area contributed by atoms with Crippen molar-refractivity contribution < 1.29 is 43.3 Å². The molecule has 0 aliphatic heterocycles. The van der Waals surface area contributed by atoms with E-state index in [-0.39, 0.29) is 0 Å². The van der Waals surface area contributed by atoms with Crippen LogP contribution in [-0.4, -0.2) is 79.9 Å². The molecule has 0 radical (unpaired) electrons. The zero-order valence-corrected chi connectivity index (χ0v) is 19.3. The molecule has 184 valence electrons. The summed E-state index contributed by atoms with van der Waals surface area (Å²) in [5.41, 5.74) is 6.51. The first-order chi connectivity index (χ1) is 15.3. The molecule has 0 unspecified atom stereocenters. The zero-order valence-electron chi connectivity index (χ0n) is 19.3. The van der Waals surface area contributed by atoms with Crippen molar-refractivity contribution in [2.45, 2.75) is 50.9 Å². The Morgan fingerprint density at radius 3 is 2.06 bits per heavy atom. The summed E-state index contributed by atoms with van der Waals surface area (Å²) in [5.74, 6) is -5.85. The van der Waals surface area contributed by atoms with Crippen LogP contribution in [0.5, 0.6) is 0 Å². The molecule has 33 heavy (non-hydrogen) atoms. The van der Waals surface area contributed by atoms with E-state index < -0.39 is 65.8 Å². The highest BCUT2D eigenvalue weighted by molar-refractivity contribution is 5.97. The molecule has 0 aromatic carbocycles. The average Bonchev–Trinajstić information content (AvgIpc) is 2.77. The first kappa shape index (κ1) is 29.4. The normalized spacial score (nSPS) is 15.7. The van der Waals surface area contributed by atoms with Crippen molar-refractivity contribution in [2.75, 3.05) is 21.3 Å². The van der Waals surface area contributed by atoms with Gasteiger partial charge in [0.25, 0.3) is 5.91 Å². The molecule has 0 spiro atoms. The van der Waals surface area contributed by atoms with Crippen LogP contribution >= 0.6 is 0 Å². The number of ether oxygens (including phenoxy) is 3. The summed E-state index contributed by atoms with van der Waals surface area (Å²) in [6, 6.07) is -4.81. The maximum absolute atomic E-state index is 13.0. The molecule has 14 heteroatoms. The van der Waals surface area contributed by atoms with Gasteiger partial charge in [0.05, 0.1) is 27.8 Å². The van der Waals surface area contributed by atoms with Crippen LogP contribution < -0.4 is 10.6 Å². The third kappa shape index (κ3) is 8.09. The van der Waals surface area contributed by atoms with Crippen molar-refractivity contribution >= 4 is 29.7 Å². The van der Waals surface area contributed by atoms with E-state index in [1.54, 1.807) is 6.92 Å². The number of carbonyl (C=O) groups is 5. The summed E-state index contributed by atoms with van der Waals surface area (Å²) in [4.78, 5) is 63.7. The molecule has 0 aromatic heterocycles. The third-order valence-electron chi connectivity index (χ3n) is 4.83. The van der Waals surface area contributed by atoms with E-state index in [0.29, 0.717) is 5.57 Å². The fourth-order valence-corrected chi connectivity index (χ4v) is 2.51. The SMILES string of the molecule is C=C(C)[C@@H](C)[C@H](NC(=O)[C@@](C)(O)[C@H](N=[N+]=[N-])C(=O)OC)C(=O)N[C@@H](CC(=O)OC)C(=O)OC. The lowest BCUT2D eigenvalue weighted by molar-refractivity contribution is -0.157. The Morgan fingerprint density at radius 1 is 1.09 bits per heavy atom. The second kappa shape index (κ2) is 13.0. The highest BCUT2D eigenvalue weighted by Crippen LogP contribution is 2.19. The smallest absolute Gasteiger partial charge is 0.328 e. The molecule has 0 aliphatic rings. The largest absolute Gasteiger partial charge is 0.469 e. The Balaban J connectivity index is 6.00. The van der Waals surface area contributed by atoms with Crippen LogP contribution in [0.1, 0.15) is 27.2 Å². The number of esters is 3. The number of hydrogen-bond acceptors (Lipinski definition) is 10. The van der Waals surface area contributed by atoms with Gasteiger partial charge >= 0.3 is 17.9 Å². The molecular formula is C19H29N5O9. The number of carbonyl (C=O) groups excluding carboxylic acids is 5. The molecule has 0 saturated carbocycles. The molecule has 0 fully saturated rings. The summed E-state index contributed by atoms with van der Waals surface area (Å²) in [6.07, 6.45) is -0.546. The molecule has 0 rings (SSSR count). The molecular weight excluding hydrogens is 442 g/mol. The highest BCUT2D eigenvalue weighted by Gasteiger charge is 2.46. The topological polar surface area (TPSA) is 206 Å². The number of nitrogens with zero attached hydrogens (tertiary/aromatic N) is 3. The van der Waals surface area contributed by atoms with Crippen molar-refractivity contribution in [2.24, 2.45) is 11.0 Å². The van der Waals surface area contributed by atoms with Crippen LogP contribution in [0.25, 0.3) is 10.4 Å². The van der Waals surface area contributed by atoms with E-state index in [1.807, 2.05) is 0 Å². The van der Waals surface area contributed by atoms with Crippen molar-refractivity contribution in [3.8, 4) is 0 Å². The minimum absolute atomic E-state index is 0.442. The monoisotopic (exact) mass is 471 g/mol. The van der Waals surface area contributed by atoms with Crippen LogP contribution in [-0.2, 0) is 38.2 Å². The number of amides is 2. The molecule has 0 aromatic rings. The van der Waals surface area contributed by atoms with Gasteiger partial charge in [-0.3, -0.25) is 19.2 Å². The molecule has 0 heterocycles. The lowest BCUT2D eigenvalue weighted by Crippen LogP contribution is -2.61. The predicted octanol–water partition coefficient (Wildman–Crippen LogP) is -0.493. The third-order valence-corrected chi connectivity index (χ3v) is 4.83. The van der Waals surface area contributed by atoms with Gasteiger partial charge in [0.2, 0.25) is 5.91 Å². The number of nitrogens with one attached hydrogen (secondary N) is 2. The molecule has 14 nitrogen and oxygen atoms in total. The minimum Gasteiger partial charge on any atom is -0.469 e. The van der Waals surface area contributed by atoms with Gasteiger partial charge < -0.3 is 30.0 Å². The summed E-state index contributed by atoms with van der Waals surface area (Å²) >= 11 is 0. The van der Waals surface area contributed by atoms with Crippen molar-refractivity contribution in [1.82, 2.24) is 10.6 Å². The van der Waals surface area contributed by atoms with E-state index >= 15 is 0 Å². The van der Waals surface area contributed by atoms with Crippen LogP contribution in [0.15, 0.2) is 17.3 Å². The maximum atomic E-state index is 13.0. The van der Waals surface area contributed by atoms with Gasteiger partial charge in [-0.1, -0.05) is 24.2 Å². The van der Waals surface area contributed by atoms with E-state index in [2.05, 4.69) is 41.4 Å². The van der Waals surface area contributed by atoms with Crippen LogP contribution in [0.3, 0.4) is 0 Å². The van der Waals surface area contributed by atoms with E-state index in [4.69, 9.17) is 5.53 Å². The molecule has 2 amide bonds. The van der Waals surface area contributed by atoms with E-state index in [9.17, 15) is 29.1 Å². The van der Waals surface area contributed by atoms with Gasteiger partial charge in [-0.15, -0.1) is 0 Å². The predicted molar refractivity (Wildman–Crippen MR) is 112 cm³/mol. The van der Waals surface area contributed by atoms with Gasteiger partial charge in [0.15, 0.2) is 11.6 Å². The van der Waals surface area contributed by atoms with Crippen LogP contribution in [0.2, 0.25) is 0 Å². The van der Waals surface area contributed by atoms with Crippen molar-refractivity contribution in [3.05, 3.63) is 22.6 Å². The Bertz CT molecular complexity index is 836. The zero-order chi connectivity index (χ0) is 25.9. The standard InChI is InChI=1S/C19H29N5O9/c1-9(2)10(3)13(15(26)21-11(16(27)32-6)8-12(25)31-5)22-18(29)19(4,30)14(23-24-20)17(28)33-7/h10-11,13-14,30H,1,8H2,2-7H3,(H,21,26)(H,22,29)/t10-,11+,13+,14-,19+/m1/s1. The summed E-state index contributed by atoms with van der Waals surface area (Å²) < 4.78 is 13.5. The van der Waals surface area contributed by atoms with Gasteiger partial charge in [-0.2, -0.15) is 0 Å². The molecule has 0 saturated heterocycles. The quantitative estimate of drug-likeness (QED) is 0.0836. The molecule has 0 aliphatic carbocycles. The van der Waals surface area contributed by atoms with Gasteiger partial charge in [0.1, 0.15) is 12.1 Å². The minimum atomic E-state index is -2.61. The van der Waals surface area contributed by atoms with Crippen molar-refractivity contribution in [1.29, 1.82) is 0 Å². The number of azide groups is 1. The Hall–Kier alpha value is -3.64. The number of methoxy groups -OCH3 is 3. The first-order valence-electron chi connectivity index (χ1n) is 9.54. The lowest BCUT2D eigenvalue weighted by atomic mass is 9.91. The van der Waals surface area contributed by atoms with E-state index in [0.717, 1.165) is 28.3 Å². The summed E-state index contributed by atoms with van der Waals surface area (Å²) in [6.45, 7) is 7.72. The molecule has 0 bridgehead atoms. The van der Waals surface area contributed by atoms with Crippen LogP contribution in [0.4, 0.5) is 0 Å². The second-order valence-electron chi connectivity index (χ2n) is 7.23. The van der Waals surface area contributed by atoms with Gasteiger partial charge in [0, 0.05) is 10.8 Å². The summed E-state index contributed by atoms with van der Waals surface area (Å²) in [7, 11) is 3.10. The number of rotatable bonds is 12. The Morgan fingerprint density at radius 2 is 1.64 bits per heavy atom. The fraction of sp³-hybridized carbons (Fsp3) is 0.632. The highest BCUT2D eigenvalue weighted by atomic mass is 16.5. The average molecular weight is 471 g/mol. The Kier molecular flexibility index (Phi) is 11.6. The number of hydrogen-bond donors (Lipinski definition) is 3. The Labute approximate surface area is 190 Å².